The molecule has 2 rings (SSSR count). The Bertz CT molecular complexity index is 698. The summed E-state index contributed by atoms with van der Waals surface area (Å²) >= 11 is 0.707. The van der Waals surface area contributed by atoms with Crippen LogP contribution in [0.15, 0.2) is 42.5 Å². The highest BCUT2D eigenvalue weighted by atomic mass is 32.1. The first-order valence-electron chi connectivity index (χ1n) is 6.22. The number of anilines is 1. The zero-order valence-electron chi connectivity index (χ0n) is 11.6. The number of carbonyl (C=O) groups excluding carboxylic acids is 2. The van der Waals surface area contributed by atoms with Crippen LogP contribution in [0.3, 0.4) is 0 Å². The van der Waals surface area contributed by atoms with Crippen molar-refractivity contribution in [3.63, 3.8) is 0 Å². The Labute approximate surface area is 129 Å². The molecule has 1 heterocycles. The number of amides is 1. The van der Waals surface area contributed by atoms with Crippen LogP contribution >= 0.6 is 11.3 Å². The maximum atomic E-state index is 11.9. The molecule has 7 nitrogen and oxygen atoms in total. The molecule has 0 bridgehead atoms. The van der Waals surface area contributed by atoms with Crippen LogP contribution in [0.25, 0.3) is 0 Å². The number of esters is 1. The van der Waals surface area contributed by atoms with E-state index in [4.69, 9.17) is 4.74 Å². The Balaban J connectivity index is 1.93. The van der Waals surface area contributed by atoms with Crippen LogP contribution in [0.2, 0.25) is 0 Å². The van der Waals surface area contributed by atoms with Gasteiger partial charge in [-0.1, -0.05) is 29.5 Å². The number of thiophene rings is 1. The largest absolute Gasteiger partial charge is 0.451 e. The quantitative estimate of drug-likeness (QED) is 0.479. The number of rotatable bonds is 5. The lowest BCUT2D eigenvalue weighted by Crippen LogP contribution is -2.30. The highest BCUT2D eigenvalue weighted by Gasteiger charge is 2.18. The predicted octanol–water partition coefficient (Wildman–Crippen LogP) is 2.48. The number of nitrogens with zero attached hydrogens (tertiary/aromatic N) is 2. The van der Waals surface area contributed by atoms with Gasteiger partial charge in [0.05, 0.1) is 4.92 Å². The molecule has 0 fully saturated rings. The van der Waals surface area contributed by atoms with E-state index < -0.39 is 23.4 Å². The lowest BCUT2D eigenvalue weighted by Gasteiger charge is -2.16. The van der Waals surface area contributed by atoms with Gasteiger partial charge in [-0.05, 0) is 18.2 Å². The van der Waals surface area contributed by atoms with Crippen molar-refractivity contribution >= 4 is 33.9 Å². The average molecular weight is 320 g/mol. The Morgan fingerprint density at radius 2 is 1.91 bits per heavy atom. The number of benzene rings is 1. The van der Waals surface area contributed by atoms with Gasteiger partial charge >= 0.3 is 11.0 Å². The summed E-state index contributed by atoms with van der Waals surface area (Å²) in [7, 11) is 1.57. The molecule has 114 valence electrons. The normalized spacial score (nSPS) is 10.0. The fraction of sp³-hybridized carbons (Fsp3) is 0.143. The van der Waals surface area contributed by atoms with Gasteiger partial charge in [0.15, 0.2) is 6.61 Å². The van der Waals surface area contributed by atoms with Gasteiger partial charge in [0.1, 0.15) is 4.88 Å². The van der Waals surface area contributed by atoms with Crippen molar-refractivity contribution in [2.24, 2.45) is 0 Å². The highest BCUT2D eigenvalue weighted by Crippen LogP contribution is 2.24. The van der Waals surface area contributed by atoms with E-state index in [0.717, 1.165) is 0 Å². The molecule has 1 aromatic heterocycles. The molecule has 0 unspecified atom stereocenters. The number of hydrogen-bond acceptors (Lipinski definition) is 6. The number of hydrogen-bond donors (Lipinski definition) is 0. The fourth-order valence-corrected chi connectivity index (χ4v) is 2.34. The topological polar surface area (TPSA) is 89.8 Å². The monoisotopic (exact) mass is 320 g/mol. The Morgan fingerprint density at radius 1 is 1.23 bits per heavy atom. The number of likely N-dealkylation sites (N-methyl/N-ethyl adjacent to an activating group) is 1. The van der Waals surface area contributed by atoms with E-state index in [0.29, 0.717) is 17.0 Å². The predicted molar refractivity (Wildman–Crippen MR) is 81.1 cm³/mol. The van der Waals surface area contributed by atoms with Crippen molar-refractivity contribution in [2.75, 3.05) is 18.6 Å². The smallest absolute Gasteiger partial charge is 0.349 e. The minimum atomic E-state index is -0.757. The van der Waals surface area contributed by atoms with Crippen LogP contribution in [-0.4, -0.2) is 30.5 Å². The van der Waals surface area contributed by atoms with Crippen molar-refractivity contribution in [3.05, 3.63) is 57.5 Å². The summed E-state index contributed by atoms with van der Waals surface area (Å²) in [5.41, 5.74) is 0.676. The second-order valence-corrected chi connectivity index (χ2v) is 5.32. The van der Waals surface area contributed by atoms with Crippen LogP contribution in [0.1, 0.15) is 9.67 Å². The molecule has 0 radical (unpaired) electrons. The summed E-state index contributed by atoms with van der Waals surface area (Å²) in [5, 5.41) is 10.4. The van der Waals surface area contributed by atoms with Gasteiger partial charge in [-0.15, -0.1) is 0 Å². The molecular formula is C14H12N2O5S. The molecule has 0 spiro atoms. The van der Waals surface area contributed by atoms with Crippen molar-refractivity contribution in [2.45, 2.75) is 0 Å². The molecule has 0 aliphatic heterocycles. The number of nitro groups is 1. The maximum absolute atomic E-state index is 11.9. The van der Waals surface area contributed by atoms with Crippen LogP contribution in [0.4, 0.5) is 10.7 Å². The van der Waals surface area contributed by atoms with Crippen LogP contribution in [-0.2, 0) is 9.53 Å². The zero-order chi connectivity index (χ0) is 16.1. The minimum absolute atomic E-state index is 0.0851. The lowest BCUT2D eigenvalue weighted by atomic mass is 10.3. The third-order valence-corrected chi connectivity index (χ3v) is 3.83. The molecule has 0 aliphatic carbocycles. The molecule has 0 atom stereocenters. The van der Waals surface area contributed by atoms with Crippen molar-refractivity contribution in [3.8, 4) is 0 Å². The van der Waals surface area contributed by atoms with E-state index in [1.165, 1.54) is 17.0 Å². The lowest BCUT2D eigenvalue weighted by molar-refractivity contribution is -0.380. The minimum Gasteiger partial charge on any atom is -0.451 e. The first-order valence-corrected chi connectivity index (χ1v) is 7.03. The Morgan fingerprint density at radius 3 is 2.50 bits per heavy atom. The number of para-hydroxylation sites is 1. The first-order chi connectivity index (χ1) is 10.5. The van der Waals surface area contributed by atoms with E-state index >= 15 is 0 Å². The SMILES string of the molecule is CN(C(=O)COC(=O)c1ccc([N+](=O)[O-])s1)c1ccccc1. The van der Waals surface area contributed by atoms with Crippen LogP contribution < -0.4 is 4.90 Å². The van der Waals surface area contributed by atoms with E-state index in [9.17, 15) is 19.7 Å². The average Bonchev–Trinajstić information content (AvgIpc) is 3.02. The van der Waals surface area contributed by atoms with E-state index in [-0.39, 0.29) is 9.88 Å². The Hall–Kier alpha value is -2.74. The molecule has 0 saturated carbocycles. The van der Waals surface area contributed by atoms with Gasteiger partial charge < -0.3 is 9.64 Å². The van der Waals surface area contributed by atoms with Gasteiger partial charge in [-0.25, -0.2) is 4.79 Å². The molecule has 2 aromatic rings. The third-order valence-electron chi connectivity index (χ3n) is 2.82. The summed E-state index contributed by atoms with van der Waals surface area (Å²) in [6.45, 7) is -0.435. The second kappa shape index (κ2) is 6.81. The fourth-order valence-electron chi connectivity index (χ4n) is 1.63. The zero-order valence-corrected chi connectivity index (χ0v) is 12.4. The summed E-state index contributed by atoms with van der Waals surface area (Å²) in [4.78, 5) is 35.1. The number of carbonyl (C=O) groups is 2. The van der Waals surface area contributed by atoms with E-state index in [1.54, 1.807) is 31.3 Å². The third kappa shape index (κ3) is 3.67. The first kappa shape index (κ1) is 15.6. The molecule has 0 N–H and O–H groups in total. The molecule has 22 heavy (non-hydrogen) atoms. The summed E-state index contributed by atoms with van der Waals surface area (Å²) in [6.07, 6.45) is 0. The molecule has 0 saturated heterocycles. The molecule has 1 amide bonds. The van der Waals surface area contributed by atoms with E-state index in [2.05, 4.69) is 0 Å². The standard InChI is InChI=1S/C14H12N2O5S/c1-15(10-5-3-2-4-6-10)12(17)9-21-14(18)11-7-8-13(22-11)16(19)20/h2-8H,9H2,1H3. The summed E-state index contributed by atoms with van der Waals surface area (Å²) in [6, 6.07) is 11.4. The van der Waals surface area contributed by atoms with Gasteiger partial charge in [0.25, 0.3) is 5.91 Å². The van der Waals surface area contributed by atoms with Gasteiger partial charge in [0, 0.05) is 18.8 Å². The maximum Gasteiger partial charge on any atom is 0.349 e. The molecular weight excluding hydrogens is 308 g/mol. The Kier molecular flexibility index (Phi) is 4.84. The molecule has 1 aromatic carbocycles. The van der Waals surface area contributed by atoms with Crippen molar-refractivity contribution < 1.29 is 19.2 Å². The molecule has 0 aliphatic rings. The van der Waals surface area contributed by atoms with Crippen molar-refractivity contribution in [1.82, 2.24) is 0 Å². The number of ether oxygens (including phenoxy) is 1. The second-order valence-electron chi connectivity index (χ2n) is 4.26. The van der Waals surface area contributed by atoms with Crippen molar-refractivity contribution in [1.29, 1.82) is 0 Å². The molecule has 8 heteroatoms. The van der Waals surface area contributed by atoms with Crippen LogP contribution in [0, 0.1) is 10.1 Å². The van der Waals surface area contributed by atoms with Crippen LogP contribution in [0.5, 0.6) is 0 Å². The summed E-state index contributed by atoms with van der Waals surface area (Å²) < 4.78 is 4.88. The summed E-state index contributed by atoms with van der Waals surface area (Å²) in [5.74, 6) is -1.15. The van der Waals surface area contributed by atoms with Gasteiger partial charge in [-0.2, -0.15) is 0 Å². The highest BCUT2D eigenvalue weighted by molar-refractivity contribution is 7.17. The van der Waals surface area contributed by atoms with Gasteiger partial charge in [0.2, 0.25) is 0 Å². The van der Waals surface area contributed by atoms with Gasteiger partial charge in [-0.3, -0.25) is 14.9 Å². The van der Waals surface area contributed by atoms with E-state index in [1.807, 2.05) is 6.07 Å².